The van der Waals surface area contributed by atoms with Crippen LogP contribution in [0.2, 0.25) is 0 Å². The fourth-order valence-corrected chi connectivity index (χ4v) is 4.81. The van der Waals surface area contributed by atoms with Gasteiger partial charge in [-0.2, -0.15) is 0 Å². The van der Waals surface area contributed by atoms with Crippen LogP contribution in [-0.2, 0) is 11.3 Å². The first-order valence-electron chi connectivity index (χ1n) is 10.7. The molecular weight excluding hydrogens is 390 g/mol. The smallest absolute Gasteiger partial charge is 0.339 e. The van der Waals surface area contributed by atoms with Gasteiger partial charge in [-0.25, -0.2) is 4.79 Å². The summed E-state index contributed by atoms with van der Waals surface area (Å²) in [6.45, 7) is 3.41. The average Bonchev–Trinajstić information content (AvgIpc) is 3.37. The minimum absolute atomic E-state index is 0.00168. The molecule has 3 N–H and O–H groups in total. The number of carbonyl (C=O) groups excluding carboxylic acids is 1. The number of hydrogen-bond donors (Lipinski definition) is 3. The van der Waals surface area contributed by atoms with Gasteiger partial charge in [0.25, 0.3) is 0 Å². The van der Waals surface area contributed by atoms with Gasteiger partial charge in [0.1, 0.15) is 0 Å². The lowest BCUT2D eigenvalue weighted by atomic mass is 9.87. The van der Waals surface area contributed by atoms with Crippen molar-refractivity contribution in [1.82, 2.24) is 15.2 Å². The largest absolute Gasteiger partial charge is 0.478 e. The molecule has 6 heteroatoms. The van der Waals surface area contributed by atoms with Gasteiger partial charge < -0.3 is 15.4 Å². The first kappa shape index (κ1) is 19.6. The van der Waals surface area contributed by atoms with Crippen LogP contribution in [0.15, 0.2) is 54.7 Å². The van der Waals surface area contributed by atoms with Crippen molar-refractivity contribution in [3.8, 4) is 0 Å². The highest BCUT2D eigenvalue weighted by Crippen LogP contribution is 2.36. The van der Waals surface area contributed by atoms with Crippen molar-refractivity contribution >= 4 is 28.2 Å². The number of aliphatic carboxylic acids is 1. The normalized spacial score (nSPS) is 18.8. The molecule has 1 atom stereocenters. The highest BCUT2D eigenvalue weighted by atomic mass is 16.4. The Labute approximate surface area is 180 Å². The van der Waals surface area contributed by atoms with E-state index in [0.717, 1.165) is 41.7 Å². The number of likely N-dealkylation sites (tertiary alicyclic amines) is 1. The Morgan fingerprint density at radius 1 is 1.06 bits per heavy atom. The fourth-order valence-electron chi connectivity index (χ4n) is 4.81. The van der Waals surface area contributed by atoms with E-state index in [1.165, 1.54) is 19.0 Å². The molecule has 1 aromatic heterocycles. The third-order valence-electron chi connectivity index (χ3n) is 6.30. The zero-order valence-electron chi connectivity index (χ0n) is 17.2. The molecule has 6 nitrogen and oxygen atoms in total. The lowest BCUT2D eigenvalue weighted by molar-refractivity contribution is -0.130. The van der Waals surface area contributed by atoms with Crippen LogP contribution >= 0.6 is 0 Å². The Bertz CT molecular complexity index is 1190. The number of benzene rings is 2. The predicted octanol–water partition coefficient (Wildman–Crippen LogP) is 3.76. The number of carboxylic acids is 1. The maximum atomic E-state index is 13.7. The monoisotopic (exact) mass is 415 g/mol. The number of nitrogens with one attached hydrogen (secondary N) is 2. The summed E-state index contributed by atoms with van der Waals surface area (Å²) >= 11 is 0. The third kappa shape index (κ3) is 3.64. The first-order chi connectivity index (χ1) is 15.1. The van der Waals surface area contributed by atoms with Gasteiger partial charge in [0.05, 0.1) is 17.2 Å². The van der Waals surface area contributed by atoms with Crippen molar-refractivity contribution in [2.45, 2.75) is 25.3 Å². The number of rotatable bonds is 5. The molecule has 3 aromatic rings. The van der Waals surface area contributed by atoms with Gasteiger partial charge >= 0.3 is 5.97 Å². The number of para-hydroxylation sites is 1. The Kier molecular flexibility index (Phi) is 5.08. The number of ketones is 1. The number of carboxylic acid groups (broad SMARTS) is 1. The summed E-state index contributed by atoms with van der Waals surface area (Å²) in [5.41, 5.74) is 4.04. The lowest BCUT2D eigenvalue weighted by Gasteiger charge is -2.18. The maximum absolute atomic E-state index is 13.7. The van der Waals surface area contributed by atoms with E-state index in [1.807, 2.05) is 42.5 Å². The van der Waals surface area contributed by atoms with Gasteiger partial charge in [-0.05, 0) is 49.2 Å². The fraction of sp³-hybridized carbons (Fsp3) is 0.280. The van der Waals surface area contributed by atoms with Gasteiger partial charge in [-0.3, -0.25) is 9.69 Å². The molecule has 0 saturated carbocycles. The van der Waals surface area contributed by atoms with E-state index >= 15 is 0 Å². The van der Waals surface area contributed by atoms with Crippen LogP contribution in [-0.4, -0.2) is 46.4 Å². The van der Waals surface area contributed by atoms with Crippen molar-refractivity contribution in [2.24, 2.45) is 0 Å². The van der Waals surface area contributed by atoms with Crippen molar-refractivity contribution in [3.63, 3.8) is 0 Å². The summed E-state index contributed by atoms with van der Waals surface area (Å²) < 4.78 is 0. The van der Waals surface area contributed by atoms with Gasteiger partial charge in [0.2, 0.25) is 0 Å². The Morgan fingerprint density at radius 2 is 1.87 bits per heavy atom. The molecule has 3 heterocycles. The summed E-state index contributed by atoms with van der Waals surface area (Å²) in [5.74, 6) is -1.51. The number of hydrogen-bond acceptors (Lipinski definition) is 4. The van der Waals surface area contributed by atoms with Crippen molar-refractivity contribution in [2.75, 3.05) is 19.6 Å². The molecule has 2 aromatic carbocycles. The van der Waals surface area contributed by atoms with E-state index in [4.69, 9.17) is 0 Å². The Balaban J connectivity index is 1.54. The van der Waals surface area contributed by atoms with Crippen LogP contribution in [0, 0.1) is 0 Å². The molecule has 0 radical (unpaired) electrons. The van der Waals surface area contributed by atoms with E-state index in [1.54, 1.807) is 0 Å². The first-order valence-corrected chi connectivity index (χ1v) is 10.7. The lowest BCUT2D eigenvalue weighted by Crippen LogP contribution is -2.23. The second-order valence-electron chi connectivity index (χ2n) is 8.33. The average molecular weight is 415 g/mol. The summed E-state index contributed by atoms with van der Waals surface area (Å²) in [7, 11) is 0. The van der Waals surface area contributed by atoms with Crippen molar-refractivity contribution in [1.29, 1.82) is 0 Å². The number of fused-ring (bicyclic) bond motifs is 3. The van der Waals surface area contributed by atoms with Crippen molar-refractivity contribution in [3.05, 3.63) is 77.1 Å². The molecule has 1 fully saturated rings. The molecule has 31 heavy (non-hydrogen) atoms. The summed E-state index contributed by atoms with van der Waals surface area (Å²) in [6.07, 6.45) is 3.96. The number of aromatic nitrogens is 1. The molecule has 0 spiro atoms. The molecule has 2 aliphatic heterocycles. The maximum Gasteiger partial charge on any atom is 0.339 e. The number of H-pyrrole nitrogens is 1. The molecule has 158 valence electrons. The van der Waals surface area contributed by atoms with E-state index in [-0.39, 0.29) is 11.4 Å². The topological polar surface area (TPSA) is 85.4 Å². The molecule has 1 saturated heterocycles. The SMILES string of the molecule is O=C(O)C1=CNCC(C(=O)c2cccc(CN3CCCC3)c2)c2c1[nH]c1ccccc21. The van der Waals surface area contributed by atoms with Crippen LogP contribution in [0.1, 0.15) is 45.9 Å². The zero-order valence-corrected chi connectivity index (χ0v) is 17.2. The highest BCUT2D eigenvalue weighted by molar-refractivity contribution is 6.18. The summed E-state index contributed by atoms with van der Waals surface area (Å²) in [5, 5.41) is 13.7. The molecular formula is C25H25N3O3. The third-order valence-corrected chi connectivity index (χ3v) is 6.30. The van der Waals surface area contributed by atoms with Crippen LogP contribution in [0.25, 0.3) is 16.5 Å². The number of carbonyl (C=O) groups is 2. The molecule has 5 rings (SSSR count). The Morgan fingerprint density at radius 3 is 2.68 bits per heavy atom. The molecule has 0 aliphatic carbocycles. The van der Waals surface area contributed by atoms with E-state index < -0.39 is 11.9 Å². The van der Waals surface area contributed by atoms with Crippen LogP contribution in [0.5, 0.6) is 0 Å². The van der Waals surface area contributed by atoms with Gasteiger partial charge in [-0.15, -0.1) is 0 Å². The van der Waals surface area contributed by atoms with Crippen LogP contribution < -0.4 is 5.32 Å². The van der Waals surface area contributed by atoms with Gasteiger partial charge in [-0.1, -0.05) is 36.4 Å². The van der Waals surface area contributed by atoms with Gasteiger partial charge in [0, 0.05) is 35.8 Å². The minimum atomic E-state index is -1.03. The van der Waals surface area contributed by atoms with Gasteiger partial charge in [0.15, 0.2) is 5.78 Å². The second kappa shape index (κ2) is 8.04. The van der Waals surface area contributed by atoms with Crippen LogP contribution in [0.4, 0.5) is 0 Å². The second-order valence-corrected chi connectivity index (χ2v) is 8.33. The molecule has 0 bridgehead atoms. The van der Waals surface area contributed by atoms with E-state index in [9.17, 15) is 14.7 Å². The molecule has 1 unspecified atom stereocenters. The van der Waals surface area contributed by atoms with E-state index in [0.29, 0.717) is 17.8 Å². The summed E-state index contributed by atoms with van der Waals surface area (Å²) in [4.78, 5) is 31.2. The quantitative estimate of drug-likeness (QED) is 0.553. The molecule has 2 aliphatic rings. The Hall–Kier alpha value is -3.38. The van der Waals surface area contributed by atoms with Crippen LogP contribution in [0.3, 0.4) is 0 Å². The number of nitrogens with zero attached hydrogens (tertiary/aromatic N) is 1. The number of Topliss-reactive ketones (excluding diaryl/α,β-unsaturated/α-hetero) is 1. The standard InChI is InChI=1S/C25H25N3O3/c29-24(17-7-5-6-16(12-17)15-28-10-3-4-11-28)19-13-26-14-20(25(30)31)23-22(19)18-8-1-2-9-21(18)27-23/h1-2,5-9,12,14,19,26-27H,3-4,10-11,13,15H2,(H,30,31). The highest BCUT2D eigenvalue weighted by Gasteiger charge is 2.32. The minimum Gasteiger partial charge on any atom is -0.478 e. The number of aromatic amines is 1. The van der Waals surface area contributed by atoms with Crippen molar-refractivity contribution < 1.29 is 14.7 Å². The van der Waals surface area contributed by atoms with E-state index in [2.05, 4.69) is 21.3 Å². The predicted molar refractivity (Wildman–Crippen MR) is 120 cm³/mol. The summed E-state index contributed by atoms with van der Waals surface area (Å²) in [6, 6.07) is 15.5. The molecule has 0 amide bonds. The zero-order chi connectivity index (χ0) is 21.4.